The highest BCUT2D eigenvalue weighted by Gasteiger charge is 2.38. The first kappa shape index (κ1) is 13.0. The Balaban J connectivity index is 2.22. The topological polar surface area (TPSA) is 131 Å². The first-order valence-corrected chi connectivity index (χ1v) is 5.54. The van der Waals surface area contributed by atoms with Gasteiger partial charge in [0.1, 0.15) is 18.4 Å². The molecule has 0 bridgehead atoms. The van der Waals surface area contributed by atoms with Gasteiger partial charge in [0.15, 0.2) is 0 Å². The number of aromatic amines is 1. The van der Waals surface area contributed by atoms with E-state index in [9.17, 15) is 14.7 Å². The fourth-order valence-electron chi connectivity index (χ4n) is 2.02. The number of nitrogens with one attached hydrogen (secondary N) is 1. The van der Waals surface area contributed by atoms with Gasteiger partial charge in [-0.3, -0.25) is 14.3 Å². The summed E-state index contributed by atoms with van der Waals surface area (Å²) in [5.41, 5.74) is 4.69. The number of H-pyrrole nitrogens is 1. The summed E-state index contributed by atoms with van der Waals surface area (Å²) in [6, 6.07) is 0.711. The van der Waals surface area contributed by atoms with E-state index in [0.29, 0.717) is 6.42 Å². The standard InChI is InChI=1S/C10H15N3O5/c11-5-3-8(18-9(5)6(15)4-14)13-2-1-7(16)12-10(13)17/h1-2,5-6,8-9,14-15H,3-4,11H2,(H,12,16,17)/t5-,6-,8+,9+/m1/s1. The average molecular weight is 257 g/mol. The van der Waals surface area contributed by atoms with Crippen molar-refractivity contribution in [3.05, 3.63) is 33.1 Å². The molecule has 0 radical (unpaired) electrons. The van der Waals surface area contributed by atoms with Crippen LogP contribution in [0.4, 0.5) is 0 Å². The molecule has 1 aromatic rings. The normalized spacial score (nSPS) is 29.4. The Morgan fingerprint density at radius 1 is 1.61 bits per heavy atom. The maximum Gasteiger partial charge on any atom is 0.330 e. The number of hydrogen-bond acceptors (Lipinski definition) is 6. The van der Waals surface area contributed by atoms with Crippen LogP contribution >= 0.6 is 0 Å². The van der Waals surface area contributed by atoms with Crippen LogP contribution in [0, 0.1) is 0 Å². The number of ether oxygens (including phenoxy) is 1. The third kappa shape index (κ3) is 2.36. The van der Waals surface area contributed by atoms with E-state index in [1.807, 2.05) is 0 Å². The third-order valence-electron chi connectivity index (χ3n) is 2.94. The summed E-state index contributed by atoms with van der Waals surface area (Å²) in [4.78, 5) is 24.6. The van der Waals surface area contributed by atoms with Crippen LogP contribution in [0.15, 0.2) is 21.9 Å². The molecule has 8 nitrogen and oxygen atoms in total. The van der Waals surface area contributed by atoms with Crippen LogP contribution in [0.5, 0.6) is 0 Å². The molecule has 4 atom stereocenters. The van der Waals surface area contributed by atoms with Gasteiger partial charge in [0.25, 0.3) is 5.56 Å². The van der Waals surface area contributed by atoms with Crippen LogP contribution < -0.4 is 17.0 Å². The number of nitrogens with two attached hydrogens (primary N) is 1. The highest BCUT2D eigenvalue weighted by molar-refractivity contribution is 4.91. The van der Waals surface area contributed by atoms with Gasteiger partial charge in [-0.1, -0.05) is 0 Å². The maximum absolute atomic E-state index is 11.6. The lowest BCUT2D eigenvalue weighted by atomic mass is 10.1. The van der Waals surface area contributed by atoms with Crippen LogP contribution in [0.25, 0.3) is 0 Å². The minimum absolute atomic E-state index is 0.313. The van der Waals surface area contributed by atoms with E-state index in [0.717, 1.165) is 0 Å². The van der Waals surface area contributed by atoms with E-state index in [1.165, 1.54) is 16.8 Å². The number of aliphatic hydroxyl groups is 2. The van der Waals surface area contributed by atoms with Gasteiger partial charge in [0.2, 0.25) is 0 Å². The van der Waals surface area contributed by atoms with Crippen LogP contribution in [-0.4, -0.2) is 44.6 Å². The molecule has 0 saturated carbocycles. The largest absolute Gasteiger partial charge is 0.394 e. The van der Waals surface area contributed by atoms with Crippen LogP contribution in [-0.2, 0) is 4.74 Å². The molecule has 18 heavy (non-hydrogen) atoms. The molecule has 0 spiro atoms. The highest BCUT2D eigenvalue weighted by atomic mass is 16.5. The van der Waals surface area contributed by atoms with E-state index in [2.05, 4.69) is 4.98 Å². The molecule has 5 N–H and O–H groups in total. The van der Waals surface area contributed by atoms with Crippen molar-refractivity contribution in [2.45, 2.75) is 30.9 Å². The predicted octanol–water partition coefficient (Wildman–Crippen LogP) is -2.50. The molecule has 1 fully saturated rings. The average Bonchev–Trinajstić information content (AvgIpc) is 2.70. The van der Waals surface area contributed by atoms with Gasteiger partial charge < -0.3 is 20.7 Å². The van der Waals surface area contributed by atoms with Crippen LogP contribution in [0.2, 0.25) is 0 Å². The minimum atomic E-state index is -1.09. The molecule has 1 saturated heterocycles. The zero-order chi connectivity index (χ0) is 13.3. The number of aromatic nitrogens is 2. The van der Waals surface area contributed by atoms with Crippen molar-refractivity contribution in [1.82, 2.24) is 9.55 Å². The van der Waals surface area contributed by atoms with Crippen molar-refractivity contribution < 1.29 is 14.9 Å². The zero-order valence-electron chi connectivity index (χ0n) is 9.52. The van der Waals surface area contributed by atoms with E-state index in [-0.39, 0.29) is 0 Å². The van der Waals surface area contributed by atoms with Gasteiger partial charge in [-0.15, -0.1) is 0 Å². The Kier molecular flexibility index (Phi) is 3.62. The van der Waals surface area contributed by atoms with Crippen molar-refractivity contribution in [3.63, 3.8) is 0 Å². The minimum Gasteiger partial charge on any atom is -0.394 e. The van der Waals surface area contributed by atoms with E-state index in [1.54, 1.807) is 0 Å². The van der Waals surface area contributed by atoms with Crippen molar-refractivity contribution >= 4 is 0 Å². The Bertz CT molecular complexity index is 525. The van der Waals surface area contributed by atoms with Gasteiger partial charge in [-0.2, -0.15) is 0 Å². The van der Waals surface area contributed by atoms with Crippen LogP contribution in [0.3, 0.4) is 0 Å². The molecule has 2 heterocycles. The molecule has 0 aromatic carbocycles. The lowest BCUT2D eigenvalue weighted by Crippen LogP contribution is -2.41. The summed E-state index contributed by atoms with van der Waals surface area (Å²) >= 11 is 0. The first-order valence-electron chi connectivity index (χ1n) is 5.54. The second-order valence-corrected chi connectivity index (χ2v) is 4.22. The van der Waals surface area contributed by atoms with Crippen molar-refractivity contribution in [2.75, 3.05) is 6.61 Å². The smallest absolute Gasteiger partial charge is 0.330 e. The number of aliphatic hydroxyl groups excluding tert-OH is 2. The van der Waals surface area contributed by atoms with E-state index < -0.39 is 42.3 Å². The summed E-state index contributed by atoms with van der Waals surface area (Å²) in [7, 11) is 0. The second kappa shape index (κ2) is 5.02. The predicted molar refractivity (Wildman–Crippen MR) is 60.9 cm³/mol. The Morgan fingerprint density at radius 2 is 2.33 bits per heavy atom. The quantitative estimate of drug-likeness (QED) is 0.473. The van der Waals surface area contributed by atoms with Gasteiger partial charge in [-0.05, 0) is 0 Å². The summed E-state index contributed by atoms with van der Waals surface area (Å²) in [6.07, 6.45) is -0.863. The van der Waals surface area contributed by atoms with Gasteiger partial charge in [0, 0.05) is 24.7 Å². The molecular weight excluding hydrogens is 242 g/mol. The first-order chi connectivity index (χ1) is 8.52. The molecule has 8 heteroatoms. The summed E-state index contributed by atoms with van der Waals surface area (Å²) in [5, 5.41) is 18.4. The Labute approximate surface area is 102 Å². The lowest BCUT2D eigenvalue weighted by molar-refractivity contribution is -0.0781. The lowest BCUT2D eigenvalue weighted by Gasteiger charge is -2.20. The molecule has 0 amide bonds. The van der Waals surface area contributed by atoms with E-state index >= 15 is 0 Å². The molecule has 1 aromatic heterocycles. The van der Waals surface area contributed by atoms with Crippen molar-refractivity contribution in [3.8, 4) is 0 Å². The second-order valence-electron chi connectivity index (χ2n) is 4.22. The molecule has 100 valence electrons. The SMILES string of the molecule is N[C@@H]1C[C@@H](n2ccc(=O)[nH]c2=O)O[C@@H]1[C@H](O)CO. The number of rotatable bonds is 3. The van der Waals surface area contributed by atoms with Crippen molar-refractivity contribution in [1.29, 1.82) is 0 Å². The monoisotopic (exact) mass is 257 g/mol. The highest BCUT2D eigenvalue weighted by Crippen LogP contribution is 2.27. The Hall–Kier alpha value is -1.48. The molecule has 0 aliphatic carbocycles. The molecule has 2 rings (SSSR count). The molecule has 1 aliphatic rings. The number of hydrogen-bond donors (Lipinski definition) is 4. The molecular formula is C10H15N3O5. The van der Waals surface area contributed by atoms with E-state index in [4.69, 9.17) is 15.6 Å². The van der Waals surface area contributed by atoms with Crippen LogP contribution in [0.1, 0.15) is 12.6 Å². The molecule has 0 unspecified atom stereocenters. The van der Waals surface area contributed by atoms with Gasteiger partial charge >= 0.3 is 5.69 Å². The fraction of sp³-hybridized carbons (Fsp3) is 0.600. The fourth-order valence-corrected chi connectivity index (χ4v) is 2.02. The summed E-state index contributed by atoms with van der Waals surface area (Å²) in [6.45, 7) is -0.467. The Morgan fingerprint density at radius 3 is 2.94 bits per heavy atom. The van der Waals surface area contributed by atoms with Gasteiger partial charge in [0.05, 0.1) is 6.61 Å². The van der Waals surface area contributed by atoms with Gasteiger partial charge in [-0.25, -0.2) is 4.79 Å². The third-order valence-corrected chi connectivity index (χ3v) is 2.94. The summed E-state index contributed by atoms with van der Waals surface area (Å²) in [5.74, 6) is 0. The molecule has 1 aliphatic heterocycles. The maximum atomic E-state index is 11.6. The number of nitrogens with zero attached hydrogens (tertiary/aromatic N) is 1. The summed E-state index contributed by atoms with van der Waals surface area (Å²) < 4.78 is 6.64. The van der Waals surface area contributed by atoms with Crippen molar-refractivity contribution in [2.24, 2.45) is 5.73 Å². The zero-order valence-corrected chi connectivity index (χ0v) is 9.52.